The van der Waals surface area contributed by atoms with E-state index in [-0.39, 0.29) is 5.91 Å². The smallest absolute Gasteiger partial charge is 0.437 e. The van der Waals surface area contributed by atoms with Crippen LogP contribution in [0.3, 0.4) is 0 Å². The first-order valence-corrected chi connectivity index (χ1v) is 8.74. The average molecular weight is 381 g/mol. The Hall–Kier alpha value is -3.62. The van der Waals surface area contributed by atoms with Gasteiger partial charge in [-0.1, -0.05) is 6.07 Å². The number of carbonyl (C=O) groups is 2. The zero-order valence-electron chi connectivity index (χ0n) is 15.7. The number of benzene rings is 1. The molecule has 0 atom stereocenters. The number of aryl methyl sites for hydroxylation is 1. The molecule has 4 rings (SSSR count). The highest BCUT2D eigenvalue weighted by atomic mass is 16.7. The fraction of sp³-hybridized carbons (Fsp3) is 0.263. The van der Waals surface area contributed by atoms with E-state index in [0.717, 1.165) is 23.4 Å². The molecule has 1 aromatic carbocycles. The maximum Gasteiger partial charge on any atom is 0.513 e. The summed E-state index contributed by atoms with van der Waals surface area (Å²) in [4.78, 5) is 29.4. The zero-order chi connectivity index (χ0) is 19.8. The SMILES string of the molecule is COC(=O)Oc1cn2ncnc(Nc3ccc4c(c3)N(C(C)=O)CC4)c2c1C. The molecule has 9 nitrogen and oxygen atoms in total. The van der Waals surface area contributed by atoms with Gasteiger partial charge < -0.3 is 19.7 Å². The van der Waals surface area contributed by atoms with E-state index in [1.54, 1.807) is 22.5 Å². The Balaban J connectivity index is 1.70. The lowest BCUT2D eigenvalue weighted by molar-refractivity contribution is -0.116. The van der Waals surface area contributed by atoms with Crippen molar-refractivity contribution in [3.8, 4) is 5.75 Å². The molecule has 3 aromatic rings. The van der Waals surface area contributed by atoms with E-state index in [9.17, 15) is 9.59 Å². The van der Waals surface area contributed by atoms with Crippen molar-refractivity contribution in [1.29, 1.82) is 0 Å². The number of nitrogens with zero attached hydrogens (tertiary/aromatic N) is 4. The maximum atomic E-state index is 11.8. The van der Waals surface area contributed by atoms with Crippen LogP contribution < -0.4 is 15.0 Å². The molecular weight excluding hydrogens is 362 g/mol. The molecule has 0 aliphatic carbocycles. The molecule has 0 saturated carbocycles. The number of fused-ring (bicyclic) bond motifs is 2. The van der Waals surface area contributed by atoms with Crippen molar-refractivity contribution in [2.75, 3.05) is 23.9 Å². The number of anilines is 3. The van der Waals surface area contributed by atoms with Gasteiger partial charge in [-0.2, -0.15) is 5.10 Å². The molecule has 28 heavy (non-hydrogen) atoms. The van der Waals surface area contributed by atoms with Gasteiger partial charge in [-0.05, 0) is 31.0 Å². The highest BCUT2D eigenvalue weighted by molar-refractivity contribution is 5.94. The molecule has 1 aliphatic heterocycles. The molecule has 0 spiro atoms. The number of hydrogen-bond donors (Lipinski definition) is 1. The lowest BCUT2D eigenvalue weighted by Gasteiger charge is -2.16. The number of aromatic nitrogens is 3. The third-order valence-electron chi connectivity index (χ3n) is 4.76. The molecule has 1 amide bonds. The molecule has 1 aliphatic rings. The van der Waals surface area contributed by atoms with Crippen LogP contribution in [-0.2, 0) is 16.0 Å². The van der Waals surface area contributed by atoms with Gasteiger partial charge in [-0.15, -0.1) is 0 Å². The van der Waals surface area contributed by atoms with E-state index >= 15 is 0 Å². The van der Waals surface area contributed by atoms with Gasteiger partial charge in [0, 0.05) is 30.4 Å². The summed E-state index contributed by atoms with van der Waals surface area (Å²) in [5.74, 6) is 0.916. The van der Waals surface area contributed by atoms with Gasteiger partial charge in [0.2, 0.25) is 5.91 Å². The summed E-state index contributed by atoms with van der Waals surface area (Å²) in [5.41, 5.74) is 4.21. The second kappa shape index (κ2) is 6.84. The van der Waals surface area contributed by atoms with Gasteiger partial charge in [0.05, 0.1) is 13.3 Å². The molecule has 3 heterocycles. The lowest BCUT2D eigenvalue weighted by Crippen LogP contribution is -2.25. The topological polar surface area (TPSA) is 98.1 Å². The minimum Gasteiger partial charge on any atom is -0.437 e. The normalized spacial score (nSPS) is 12.8. The van der Waals surface area contributed by atoms with Crippen molar-refractivity contribution in [3.63, 3.8) is 0 Å². The quantitative estimate of drug-likeness (QED) is 0.697. The number of amides is 1. The predicted octanol–water partition coefficient (Wildman–Crippen LogP) is 2.84. The highest BCUT2D eigenvalue weighted by Gasteiger charge is 2.23. The Morgan fingerprint density at radius 3 is 2.86 bits per heavy atom. The van der Waals surface area contributed by atoms with E-state index in [1.165, 1.54) is 13.4 Å². The molecule has 2 aromatic heterocycles. The van der Waals surface area contributed by atoms with Gasteiger partial charge in [-0.25, -0.2) is 14.3 Å². The standard InChI is InChI=1S/C19H19N5O4/c1-11-16(28-19(26)27-3)9-24-17(11)18(20-10-21-24)22-14-5-4-13-6-7-23(12(2)25)15(13)8-14/h4-5,8-10H,6-7H2,1-3H3,(H,20,21,22). The van der Waals surface area contributed by atoms with Crippen LogP contribution in [-0.4, -0.2) is 40.3 Å². The highest BCUT2D eigenvalue weighted by Crippen LogP contribution is 2.34. The van der Waals surface area contributed by atoms with Gasteiger partial charge in [0.25, 0.3) is 0 Å². The number of carbonyl (C=O) groups excluding carboxylic acids is 2. The molecule has 0 saturated heterocycles. The number of rotatable bonds is 3. The van der Waals surface area contributed by atoms with Crippen molar-refractivity contribution in [2.24, 2.45) is 0 Å². The van der Waals surface area contributed by atoms with E-state index in [4.69, 9.17) is 4.74 Å². The van der Waals surface area contributed by atoms with Gasteiger partial charge in [-0.3, -0.25) is 4.79 Å². The largest absolute Gasteiger partial charge is 0.513 e. The number of nitrogens with one attached hydrogen (secondary N) is 1. The average Bonchev–Trinajstić information content (AvgIpc) is 3.23. The second-order valence-electron chi connectivity index (χ2n) is 6.47. The molecule has 0 bridgehead atoms. The summed E-state index contributed by atoms with van der Waals surface area (Å²) in [7, 11) is 1.25. The first-order chi connectivity index (χ1) is 13.5. The number of hydrogen-bond acceptors (Lipinski definition) is 7. The first kappa shape index (κ1) is 17.8. The summed E-state index contributed by atoms with van der Waals surface area (Å²) in [6, 6.07) is 5.90. The molecule has 9 heteroatoms. The van der Waals surface area contributed by atoms with Crippen LogP contribution in [0.15, 0.2) is 30.7 Å². The molecule has 0 radical (unpaired) electrons. The Morgan fingerprint density at radius 1 is 1.29 bits per heavy atom. The summed E-state index contributed by atoms with van der Waals surface area (Å²) in [5, 5.41) is 7.45. The van der Waals surface area contributed by atoms with E-state index in [1.807, 2.05) is 25.1 Å². The zero-order valence-corrected chi connectivity index (χ0v) is 15.7. The molecule has 0 fully saturated rings. The third kappa shape index (κ3) is 3.00. The summed E-state index contributed by atoms with van der Waals surface area (Å²) < 4.78 is 11.3. The Morgan fingerprint density at radius 2 is 2.11 bits per heavy atom. The number of methoxy groups -OCH3 is 1. The fourth-order valence-electron chi connectivity index (χ4n) is 3.39. The monoisotopic (exact) mass is 381 g/mol. The van der Waals surface area contributed by atoms with E-state index in [0.29, 0.717) is 29.2 Å². The van der Waals surface area contributed by atoms with Crippen molar-refractivity contribution in [3.05, 3.63) is 41.9 Å². The Bertz CT molecular complexity index is 1090. The van der Waals surface area contributed by atoms with E-state index in [2.05, 4.69) is 20.1 Å². The van der Waals surface area contributed by atoms with Crippen LogP contribution in [0.1, 0.15) is 18.1 Å². The fourth-order valence-corrected chi connectivity index (χ4v) is 3.39. The first-order valence-electron chi connectivity index (χ1n) is 8.74. The minimum atomic E-state index is -0.801. The Labute approximate surface area is 160 Å². The Kier molecular flexibility index (Phi) is 4.34. The van der Waals surface area contributed by atoms with Crippen LogP contribution in [0.25, 0.3) is 5.52 Å². The van der Waals surface area contributed by atoms with Crippen LogP contribution in [0, 0.1) is 6.92 Å². The van der Waals surface area contributed by atoms with Crippen LogP contribution in [0.4, 0.5) is 22.0 Å². The van der Waals surface area contributed by atoms with E-state index < -0.39 is 6.16 Å². The van der Waals surface area contributed by atoms with Crippen LogP contribution in [0.2, 0.25) is 0 Å². The van der Waals surface area contributed by atoms with Gasteiger partial charge in [0.15, 0.2) is 11.6 Å². The van der Waals surface area contributed by atoms with Crippen molar-refractivity contribution in [1.82, 2.24) is 14.6 Å². The van der Waals surface area contributed by atoms with Gasteiger partial charge >= 0.3 is 6.16 Å². The summed E-state index contributed by atoms with van der Waals surface area (Å²) >= 11 is 0. The lowest BCUT2D eigenvalue weighted by atomic mass is 10.1. The third-order valence-corrected chi connectivity index (χ3v) is 4.76. The molecular formula is C19H19N5O4. The maximum absolute atomic E-state index is 11.8. The molecule has 144 valence electrons. The second-order valence-corrected chi connectivity index (χ2v) is 6.47. The molecule has 0 unspecified atom stereocenters. The predicted molar refractivity (Wildman–Crippen MR) is 102 cm³/mol. The van der Waals surface area contributed by atoms with Crippen LogP contribution in [0.5, 0.6) is 5.75 Å². The van der Waals surface area contributed by atoms with Gasteiger partial charge in [0.1, 0.15) is 11.8 Å². The minimum absolute atomic E-state index is 0.0207. The summed E-state index contributed by atoms with van der Waals surface area (Å²) in [6.45, 7) is 4.07. The van der Waals surface area contributed by atoms with Crippen molar-refractivity contribution >= 4 is 34.8 Å². The van der Waals surface area contributed by atoms with Crippen molar-refractivity contribution < 1.29 is 19.1 Å². The number of ether oxygens (including phenoxy) is 2. The molecule has 1 N–H and O–H groups in total. The summed E-state index contributed by atoms with van der Waals surface area (Å²) in [6.07, 6.45) is 3.05. The van der Waals surface area contributed by atoms with Crippen LogP contribution >= 0.6 is 0 Å². The van der Waals surface area contributed by atoms with Crippen molar-refractivity contribution in [2.45, 2.75) is 20.3 Å².